The van der Waals surface area contributed by atoms with Gasteiger partial charge in [0.2, 0.25) is 5.91 Å². The first kappa shape index (κ1) is 17.4. The van der Waals surface area contributed by atoms with E-state index in [0.29, 0.717) is 13.0 Å². The Bertz CT molecular complexity index is 833. The molecule has 2 N–H and O–H groups in total. The first-order valence-corrected chi connectivity index (χ1v) is 8.27. The second-order valence-electron chi connectivity index (χ2n) is 5.77. The first-order chi connectivity index (χ1) is 12.7. The monoisotopic (exact) mass is 349 g/mol. The molecule has 0 radical (unpaired) electrons. The van der Waals surface area contributed by atoms with Gasteiger partial charge >= 0.3 is 0 Å². The second-order valence-corrected chi connectivity index (χ2v) is 5.77. The lowest BCUT2D eigenvalue weighted by Crippen LogP contribution is -2.47. The third-order valence-corrected chi connectivity index (χ3v) is 3.84. The lowest BCUT2D eigenvalue weighted by Gasteiger charge is -2.18. The summed E-state index contributed by atoms with van der Waals surface area (Å²) in [6.07, 6.45) is 5.16. The fourth-order valence-electron chi connectivity index (χ4n) is 2.51. The van der Waals surface area contributed by atoms with Crippen LogP contribution in [-0.4, -0.2) is 22.8 Å². The van der Waals surface area contributed by atoms with E-state index in [1.165, 1.54) is 6.26 Å². The molecule has 1 unspecified atom stereocenters. The summed E-state index contributed by atoms with van der Waals surface area (Å²) in [5.41, 5.74) is 1.84. The molecule has 1 atom stereocenters. The summed E-state index contributed by atoms with van der Waals surface area (Å²) in [5, 5.41) is 5.59. The Morgan fingerprint density at radius 3 is 2.50 bits per heavy atom. The van der Waals surface area contributed by atoms with Crippen molar-refractivity contribution >= 4 is 11.8 Å². The zero-order valence-electron chi connectivity index (χ0n) is 14.1. The van der Waals surface area contributed by atoms with E-state index in [2.05, 4.69) is 15.6 Å². The van der Waals surface area contributed by atoms with E-state index in [1.807, 2.05) is 42.5 Å². The maximum atomic E-state index is 12.6. The third-order valence-electron chi connectivity index (χ3n) is 3.84. The molecule has 2 amide bonds. The van der Waals surface area contributed by atoms with Crippen molar-refractivity contribution in [3.05, 3.63) is 90.1 Å². The summed E-state index contributed by atoms with van der Waals surface area (Å²) in [6.45, 7) is 0.342. The van der Waals surface area contributed by atoms with Gasteiger partial charge in [-0.3, -0.25) is 14.6 Å². The van der Waals surface area contributed by atoms with Crippen LogP contribution in [-0.2, 0) is 17.8 Å². The van der Waals surface area contributed by atoms with Gasteiger partial charge in [0, 0.05) is 25.4 Å². The van der Waals surface area contributed by atoms with Crippen LogP contribution < -0.4 is 10.6 Å². The number of carbonyl (C=O) groups excluding carboxylic acids is 2. The quantitative estimate of drug-likeness (QED) is 0.686. The second kappa shape index (κ2) is 8.62. The van der Waals surface area contributed by atoms with Crippen molar-refractivity contribution in [1.82, 2.24) is 15.6 Å². The summed E-state index contributed by atoms with van der Waals surface area (Å²) in [6, 6.07) is 15.7. The van der Waals surface area contributed by atoms with Crippen molar-refractivity contribution in [2.24, 2.45) is 0 Å². The van der Waals surface area contributed by atoms with Gasteiger partial charge in [0.05, 0.1) is 6.26 Å². The minimum Gasteiger partial charge on any atom is -0.459 e. The van der Waals surface area contributed by atoms with E-state index in [-0.39, 0.29) is 11.7 Å². The molecule has 0 aliphatic rings. The van der Waals surface area contributed by atoms with Crippen LogP contribution >= 0.6 is 0 Å². The molecule has 2 heterocycles. The van der Waals surface area contributed by atoms with Gasteiger partial charge in [0.25, 0.3) is 5.91 Å². The lowest BCUT2D eigenvalue weighted by molar-refractivity contribution is -0.123. The molecule has 0 spiro atoms. The highest BCUT2D eigenvalue weighted by Crippen LogP contribution is 2.06. The van der Waals surface area contributed by atoms with E-state index in [4.69, 9.17) is 4.42 Å². The molecule has 0 saturated carbocycles. The number of pyridine rings is 1. The molecule has 0 fully saturated rings. The summed E-state index contributed by atoms with van der Waals surface area (Å²) in [4.78, 5) is 29.0. The highest BCUT2D eigenvalue weighted by Gasteiger charge is 2.22. The first-order valence-electron chi connectivity index (χ1n) is 8.27. The normalized spacial score (nSPS) is 11.5. The van der Waals surface area contributed by atoms with E-state index in [9.17, 15) is 9.59 Å². The molecule has 6 heteroatoms. The van der Waals surface area contributed by atoms with Crippen LogP contribution in [0.4, 0.5) is 0 Å². The minimum atomic E-state index is -0.716. The Kier molecular flexibility index (Phi) is 5.77. The fraction of sp³-hybridized carbons (Fsp3) is 0.150. The fourth-order valence-corrected chi connectivity index (χ4v) is 2.51. The number of aromatic nitrogens is 1. The van der Waals surface area contributed by atoms with Gasteiger partial charge in [-0.25, -0.2) is 0 Å². The van der Waals surface area contributed by atoms with Crippen molar-refractivity contribution in [3.8, 4) is 0 Å². The van der Waals surface area contributed by atoms with Crippen molar-refractivity contribution in [1.29, 1.82) is 0 Å². The van der Waals surface area contributed by atoms with Crippen LogP contribution in [0, 0.1) is 0 Å². The zero-order valence-corrected chi connectivity index (χ0v) is 14.1. The van der Waals surface area contributed by atoms with Crippen molar-refractivity contribution in [3.63, 3.8) is 0 Å². The van der Waals surface area contributed by atoms with Crippen LogP contribution in [0.1, 0.15) is 21.7 Å². The number of benzene rings is 1. The number of hydrogen-bond donors (Lipinski definition) is 2. The van der Waals surface area contributed by atoms with Gasteiger partial charge in [0.15, 0.2) is 5.76 Å². The number of hydrogen-bond acceptors (Lipinski definition) is 4. The highest BCUT2D eigenvalue weighted by atomic mass is 16.3. The molecule has 0 aliphatic heterocycles. The SMILES string of the molecule is O=C(NC(Cc1ccccc1)C(=O)NCc1cccnc1)c1ccco1. The number of rotatable bonds is 7. The van der Waals surface area contributed by atoms with Crippen LogP contribution in [0.15, 0.2) is 77.7 Å². The van der Waals surface area contributed by atoms with E-state index >= 15 is 0 Å². The maximum absolute atomic E-state index is 12.6. The molecule has 0 bridgehead atoms. The number of nitrogens with one attached hydrogen (secondary N) is 2. The molecule has 0 saturated heterocycles. The van der Waals surface area contributed by atoms with Crippen LogP contribution in [0.5, 0.6) is 0 Å². The van der Waals surface area contributed by atoms with Crippen LogP contribution in [0.25, 0.3) is 0 Å². The third kappa shape index (κ3) is 4.80. The maximum Gasteiger partial charge on any atom is 0.287 e. The molecule has 26 heavy (non-hydrogen) atoms. The molecule has 132 valence electrons. The molecule has 2 aromatic heterocycles. The average Bonchev–Trinajstić information content (AvgIpc) is 3.22. The smallest absolute Gasteiger partial charge is 0.287 e. The van der Waals surface area contributed by atoms with Crippen LogP contribution in [0.2, 0.25) is 0 Å². The Labute approximate surface area is 151 Å². The van der Waals surface area contributed by atoms with E-state index in [1.54, 1.807) is 24.5 Å². The number of furan rings is 1. The Hall–Kier alpha value is -3.41. The summed E-state index contributed by atoms with van der Waals surface area (Å²) >= 11 is 0. The predicted octanol–water partition coefficient (Wildman–Crippen LogP) is 2.33. The van der Waals surface area contributed by atoms with Crippen molar-refractivity contribution < 1.29 is 14.0 Å². The zero-order chi connectivity index (χ0) is 18.2. The summed E-state index contributed by atoms with van der Waals surface area (Å²) in [5.74, 6) is -0.520. The average molecular weight is 349 g/mol. The van der Waals surface area contributed by atoms with Gasteiger partial charge in [-0.1, -0.05) is 36.4 Å². The Morgan fingerprint density at radius 2 is 1.81 bits per heavy atom. The molecular formula is C20H19N3O3. The number of carbonyl (C=O) groups is 2. The van der Waals surface area contributed by atoms with Gasteiger partial charge in [-0.05, 0) is 29.3 Å². The lowest BCUT2D eigenvalue weighted by atomic mass is 10.0. The summed E-state index contributed by atoms with van der Waals surface area (Å²) < 4.78 is 5.10. The predicted molar refractivity (Wildman–Crippen MR) is 96.2 cm³/mol. The van der Waals surface area contributed by atoms with Crippen molar-refractivity contribution in [2.45, 2.75) is 19.0 Å². The molecule has 6 nitrogen and oxygen atoms in total. The van der Waals surface area contributed by atoms with E-state index in [0.717, 1.165) is 11.1 Å². The van der Waals surface area contributed by atoms with Gasteiger partial charge in [-0.2, -0.15) is 0 Å². The largest absolute Gasteiger partial charge is 0.459 e. The van der Waals surface area contributed by atoms with Crippen LogP contribution in [0.3, 0.4) is 0 Å². The van der Waals surface area contributed by atoms with E-state index < -0.39 is 11.9 Å². The molecule has 1 aromatic carbocycles. The highest BCUT2D eigenvalue weighted by molar-refractivity contribution is 5.95. The molecular weight excluding hydrogens is 330 g/mol. The molecule has 0 aliphatic carbocycles. The van der Waals surface area contributed by atoms with Gasteiger partial charge in [-0.15, -0.1) is 0 Å². The Balaban J connectivity index is 1.68. The van der Waals surface area contributed by atoms with Gasteiger partial charge < -0.3 is 15.1 Å². The number of amides is 2. The molecule has 3 aromatic rings. The standard InChI is InChI=1S/C20H19N3O3/c24-19(22-14-16-8-4-10-21-13-16)17(12-15-6-2-1-3-7-15)23-20(25)18-9-5-11-26-18/h1-11,13,17H,12,14H2,(H,22,24)(H,23,25). The molecule has 3 rings (SSSR count). The Morgan fingerprint density at radius 1 is 1.00 bits per heavy atom. The summed E-state index contributed by atoms with van der Waals surface area (Å²) in [7, 11) is 0. The van der Waals surface area contributed by atoms with Gasteiger partial charge in [0.1, 0.15) is 6.04 Å². The number of nitrogens with zero attached hydrogens (tertiary/aromatic N) is 1. The topological polar surface area (TPSA) is 84.2 Å². The minimum absolute atomic E-state index is 0.170. The van der Waals surface area contributed by atoms with Crippen molar-refractivity contribution in [2.75, 3.05) is 0 Å².